The summed E-state index contributed by atoms with van der Waals surface area (Å²) in [6, 6.07) is 7.44. The van der Waals surface area contributed by atoms with Crippen LogP contribution in [0.3, 0.4) is 0 Å². The smallest absolute Gasteiger partial charge is 0.322 e. The van der Waals surface area contributed by atoms with E-state index in [2.05, 4.69) is 5.32 Å². The molecule has 0 saturated carbocycles. The lowest BCUT2D eigenvalue weighted by atomic mass is 10.0. The van der Waals surface area contributed by atoms with Crippen molar-refractivity contribution in [2.24, 2.45) is 14.1 Å². The average molecular weight is 301 g/mol. The number of nitrogens with zero attached hydrogens (tertiary/aromatic N) is 2. The largest absolute Gasteiger partial charge is 0.330 e. The monoisotopic (exact) mass is 301 g/mol. The van der Waals surface area contributed by atoms with Gasteiger partial charge in [-0.25, -0.2) is 4.79 Å². The van der Waals surface area contributed by atoms with Crippen LogP contribution in [-0.4, -0.2) is 15.0 Å². The van der Waals surface area contributed by atoms with Crippen molar-refractivity contribution in [1.29, 1.82) is 0 Å². The Morgan fingerprint density at radius 3 is 2.41 bits per heavy atom. The van der Waals surface area contributed by atoms with Gasteiger partial charge in [-0.2, -0.15) is 0 Å². The van der Waals surface area contributed by atoms with E-state index in [9.17, 15) is 14.4 Å². The summed E-state index contributed by atoms with van der Waals surface area (Å²) in [5.41, 5.74) is 0.505. The van der Waals surface area contributed by atoms with Crippen molar-refractivity contribution in [3.8, 4) is 0 Å². The lowest BCUT2D eigenvalue weighted by molar-refractivity contribution is 0.102. The van der Waals surface area contributed by atoms with E-state index in [4.69, 9.17) is 0 Å². The number of para-hydroxylation sites is 1. The molecule has 116 valence electrons. The Bertz CT molecular complexity index is 831. The second-order valence-corrected chi connectivity index (χ2v) is 5.50. The third-order valence-electron chi connectivity index (χ3n) is 3.52. The molecule has 0 aliphatic heterocycles. The maximum absolute atomic E-state index is 12.4. The van der Waals surface area contributed by atoms with Gasteiger partial charge in [0.05, 0.1) is 0 Å². The molecule has 0 atom stereocenters. The predicted octanol–water partition coefficient (Wildman–Crippen LogP) is 1.46. The predicted molar refractivity (Wildman–Crippen MR) is 85.4 cm³/mol. The number of anilines is 1. The van der Waals surface area contributed by atoms with E-state index in [1.807, 2.05) is 32.0 Å². The molecule has 22 heavy (non-hydrogen) atoms. The summed E-state index contributed by atoms with van der Waals surface area (Å²) in [5.74, 6) is -0.288. The van der Waals surface area contributed by atoms with E-state index < -0.39 is 17.2 Å². The van der Waals surface area contributed by atoms with E-state index in [1.54, 1.807) is 6.07 Å². The molecule has 6 heteroatoms. The van der Waals surface area contributed by atoms with Gasteiger partial charge in [0, 0.05) is 26.0 Å². The molecule has 1 aromatic heterocycles. The van der Waals surface area contributed by atoms with Crippen molar-refractivity contribution in [3.05, 3.63) is 62.4 Å². The molecule has 0 radical (unpaired) electrons. The summed E-state index contributed by atoms with van der Waals surface area (Å²) in [5, 5.41) is 2.76. The number of aryl methyl sites for hydroxylation is 1. The third kappa shape index (κ3) is 2.86. The zero-order valence-corrected chi connectivity index (χ0v) is 13.1. The van der Waals surface area contributed by atoms with E-state index in [0.717, 1.165) is 10.1 Å². The molecule has 1 aromatic carbocycles. The van der Waals surface area contributed by atoms with Gasteiger partial charge in [0.1, 0.15) is 5.56 Å². The van der Waals surface area contributed by atoms with Crippen molar-refractivity contribution in [2.75, 3.05) is 5.32 Å². The number of hydrogen-bond acceptors (Lipinski definition) is 3. The molecule has 0 fully saturated rings. The Labute approximate surface area is 128 Å². The normalized spacial score (nSPS) is 10.8. The van der Waals surface area contributed by atoms with Gasteiger partial charge in [-0.15, -0.1) is 0 Å². The quantitative estimate of drug-likeness (QED) is 0.932. The molecular formula is C16H19N3O3. The topological polar surface area (TPSA) is 73.1 Å². The SMILES string of the molecule is CC(C)c1ccccc1NC(=O)c1cn(C)c(=O)n(C)c1=O. The molecule has 0 saturated heterocycles. The van der Waals surface area contributed by atoms with Crippen LogP contribution in [0.15, 0.2) is 40.1 Å². The van der Waals surface area contributed by atoms with Gasteiger partial charge in [0.15, 0.2) is 0 Å². The first-order valence-electron chi connectivity index (χ1n) is 7.00. The van der Waals surface area contributed by atoms with Crippen molar-refractivity contribution >= 4 is 11.6 Å². The average Bonchev–Trinajstić information content (AvgIpc) is 2.49. The molecule has 0 spiro atoms. The molecule has 1 amide bonds. The van der Waals surface area contributed by atoms with Gasteiger partial charge >= 0.3 is 5.69 Å². The van der Waals surface area contributed by atoms with Crippen LogP contribution in [-0.2, 0) is 14.1 Å². The minimum atomic E-state index is -0.609. The van der Waals surface area contributed by atoms with Crippen LogP contribution < -0.4 is 16.6 Å². The third-order valence-corrected chi connectivity index (χ3v) is 3.52. The highest BCUT2D eigenvalue weighted by Gasteiger charge is 2.16. The van der Waals surface area contributed by atoms with Crippen molar-refractivity contribution in [2.45, 2.75) is 19.8 Å². The summed E-state index contributed by atoms with van der Waals surface area (Å²) in [7, 11) is 2.85. The van der Waals surface area contributed by atoms with Gasteiger partial charge in [0.2, 0.25) is 0 Å². The Morgan fingerprint density at radius 2 is 1.77 bits per heavy atom. The van der Waals surface area contributed by atoms with Gasteiger partial charge in [-0.05, 0) is 17.5 Å². The van der Waals surface area contributed by atoms with Crippen molar-refractivity contribution in [1.82, 2.24) is 9.13 Å². The highest BCUT2D eigenvalue weighted by Crippen LogP contribution is 2.23. The lowest BCUT2D eigenvalue weighted by Gasteiger charge is -2.14. The number of carbonyl (C=O) groups is 1. The highest BCUT2D eigenvalue weighted by molar-refractivity contribution is 6.04. The summed E-state index contributed by atoms with van der Waals surface area (Å²) < 4.78 is 2.13. The van der Waals surface area contributed by atoms with E-state index in [0.29, 0.717) is 5.69 Å². The second kappa shape index (κ2) is 6.01. The van der Waals surface area contributed by atoms with Crippen LogP contribution in [0.2, 0.25) is 0 Å². The lowest BCUT2D eigenvalue weighted by Crippen LogP contribution is -2.40. The van der Waals surface area contributed by atoms with Crippen LogP contribution in [0.4, 0.5) is 5.69 Å². The molecule has 0 unspecified atom stereocenters. The van der Waals surface area contributed by atoms with E-state index >= 15 is 0 Å². The Morgan fingerprint density at radius 1 is 1.14 bits per heavy atom. The molecule has 0 aliphatic carbocycles. The second-order valence-electron chi connectivity index (χ2n) is 5.50. The number of hydrogen-bond donors (Lipinski definition) is 1. The van der Waals surface area contributed by atoms with Gasteiger partial charge in [0.25, 0.3) is 11.5 Å². The summed E-state index contributed by atoms with van der Waals surface area (Å²) in [6.45, 7) is 4.05. The zero-order chi connectivity index (χ0) is 16.4. The van der Waals surface area contributed by atoms with Crippen LogP contribution in [0.25, 0.3) is 0 Å². The summed E-state index contributed by atoms with van der Waals surface area (Å²) >= 11 is 0. The molecule has 0 bridgehead atoms. The molecule has 2 aromatic rings. The van der Waals surface area contributed by atoms with Gasteiger partial charge in [-0.3, -0.25) is 14.2 Å². The first-order chi connectivity index (χ1) is 10.3. The number of nitrogens with one attached hydrogen (secondary N) is 1. The van der Waals surface area contributed by atoms with Crippen molar-refractivity contribution in [3.63, 3.8) is 0 Å². The molecule has 1 heterocycles. The minimum absolute atomic E-state index is 0.0665. The number of benzene rings is 1. The first-order valence-corrected chi connectivity index (χ1v) is 7.00. The first kappa shape index (κ1) is 15.8. The number of carbonyl (C=O) groups excluding carboxylic acids is 1. The number of aromatic nitrogens is 2. The van der Waals surface area contributed by atoms with E-state index in [-0.39, 0.29) is 11.5 Å². The minimum Gasteiger partial charge on any atom is -0.322 e. The Balaban J connectivity index is 2.44. The van der Waals surface area contributed by atoms with Crippen LogP contribution >= 0.6 is 0 Å². The van der Waals surface area contributed by atoms with E-state index in [1.165, 1.54) is 24.9 Å². The number of rotatable bonds is 3. The maximum Gasteiger partial charge on any atom is 0.330 e. The molecule has 1 N–H and O–H groups in total. The fourth-order valence-electron chi connectivity index (χ4n) is 2.27. The molecule has 0 aliphatic rings. The fourth-order valence-corrected chi connectivity index (χ4v) is 2.27. The molecular weight excluding hydrogens is 282 g/mol. The fraction of sp³-hybridized carbons (Fsp3) is 0.312. The Hall–Kier alpha value is -2.63. The highest BCUT2D eigenvalue weighted by atomic mass is 16.2. The van der Waals surface area contributed by atoms with Crippen LogP contribution in [0, 0.1) is 0 Å². The molecule has 6 nitrogen and oxygen atoms in total. The zero-order valence-electron chi connectivity index (χ0n) is 13.1. The molecule has 2 rings (SSSR count). The Kier molecular flexibility index (Phi) is 4.30. The maximum atomic E-state index is 12.4. The van der Waals surface area contributed by atoms with Crippen molar-refractivity contribution < 1.29 is 4.79 Å². The van der Waals surface area contributed by atoms with Crippen LogP contribution in [0.5, 0.6) is 0 Å². The summed E-state index contributed by atoms with van der Waals surface area (Å²) in [6.07, 6.45) is 1.26. The van der Waals surface area contributed by atoms with Gasteiger partial charge in [-0.1, -0.05) is 32.0 Å². The van der Waals surface area contributed by atoms with Gasteiger partial charge < -0.3 is 9.88 Å². The standard InChI is InChI=1S/C16H19N3O3/c1-10(2)11-7-5-6-8-13(11)17-14(20)12-9-18(3)16(22)19(4)15(12)21/h5-10H,1-4H3,(H,17,20). The summed E-state index contributed by atoms with van der Waals surface area (Å²) in [4.78, 5) is 36.1. The number of amides is 1. The van der Waals surface area contributed by atoms with Crippen LogP contribution in [0.1, 0.15) is 35.7 Å².